The van der Waals surface area contributed by atoms with Crippen LogP contribution in [0.25, 0.3) is 0 Å². The average molecular weight is 273 g/mol. The second kappa shape index (κ2) is 5.70. The fourth-order valence-corrected chi connectivity index (χ4v) is 2.34. The summed E-state index contributed by atoms with van der Waals surface area (Å²) in [5.41, 5.74) is 1.19. The van der Waals surface area contributed by atoms with Crippen molar-refractivity contribution in [2.45, 2.75) is 25.8 Å². The van der Waals surface area contributed by atoms with E-state index in [2.05, 4.69) is 4.98 Å². The van der Waals surface area contributed by atoms with E-state index in [1.807, 2.05) is 6.07 Å². The molecule has 6 nitrogen and oxygen atoms in total. The SMILES string of the molecule is COC(=O)C1CCCN1C(=O)c1ccc(C#N)c(C)n1. The van der Waals surface area contributed by atoms with Crippen molar-refractivity contribution in [3.05, 3.63) is 29.1 Å². The molecule has 0 N–H and O–H groups in total. The van der Waals surface area contributed by atoms with Gasteiger partial charge in [0, 0.05) is 6.54 Å². The summed E-state index contributed by atoms with van der Waals surface area (Å²) in [6, 6.07) is 4.55. The number of nitriles is 1. The number of pyridine rings is 1. The van der Waals surface area contributed by atoms with Crippen molar-refractivity contribution in [1.82, 2.24) is 9.88 Å². The molecular weight excluding hydrogens is 258 g/mol. The number of aryl methyl sites for hydroxylation is 1. The molecule has 104 valence electrons. The molecule has 1 aliphatic rings. The zero-order valence-corrected chi connectivity index (χ0v) is 11.4. The van der Waals surface area contributed by atoms with Gasteiger partial charge in [0.1, 0.15) is 17.8 Å². The van der Waals surface area contributed by atoms with Gasteiger partial charge in [-0.2, -0.15) is 5.26 Å². The number of carbonyl (C=O) groups excluding carboxylic acids is 2. The van der Waals surface area contributed by atoms with Crippen LogP contribution in [0.2, 0.25) is 0 Å². The molecule has 1 amide bonds. The molecule has 0 radical (unpaired) electrons. The van der Waals surface area contributed by atoms with Crippen LogP contribution in [0.4, 0.5) is 0 Å². The maximum Gasteiger partial charge on any atom is 0.328 e. The third-order valence-electron chi connectivity index (χ3n) is 3.41. The Morgan fingerprint density at radius 2 is 2.25 bits per heavy atom. The van der Waals surface area contributed by atoms with Crippen LogP contribution in [0.1, 0.15) is 34.6 Å². The van der Waals surface area contributed by atoms with Gasteiger partial charge >= 0.3 is 5.97 Å². The van der Waals surface area contributed by atoms with Crippen LogP contribution < -0.4 is 0 Å². The molecule has 0 aliphatic carbocycles. The molecule has 1 saturated heterocycles. The van der Waals surface area contributed by atoms with E-state index in [0.717, 1.165) is 6.42 Å². The van der Waals surface area contributed by atoms with Gasteiger partial charge in [-0.15, -0.1) is 0 Å². The first-order chi connectivity index (χ1) is 9.58. The largest absolute Gasteiger partial charge is 0.467 e. The Hall–Kier alpha value is -2.42. The number of ether oxygens (including phenoxy) is 1. The Balaban J connectivity index is 2.25. The predicted molar refractivity (Wildman–Crippen MR) is 69.8 cm³/mol. The van der Waals surface area contributed by atoms with Crippen molar-refractivity contribution in [3.8, 4) is 6.07 Å². The molecule has 2 heterocycles. The quantitative estimate of drug-likeness (QED) is 0.752. The predicted octanol–water partition coefficient (Wildman–Crippen LogP) is 1.04. The van der Waals surface area contributed by atoms with Gasteiger partial charge in [0.05, 0.1) is 18.4 Å². The molecule has 1 aromatic heterocycles. The summed E-state index contributed by atoms with van der Waals surface area (Å²) in [7, 11) is 1.31. The second-order valence-electron chi connectivity index (χ2n) is 4.62. The highest BCUT2D eigenvalue weighted by Gasteiger charge is 2.35. The van der Waals surface area contributed by atoms with E-state index in [4.69, 9.17) is 10.00 Å². The highest BCUT2D eigenvalue weighted by atomic mass is 16.5. The maximum atomic E-state index is 12.4. The van der Waals surface area contributed by atoms with Gasteiger partial charge in [0.15, 0.2) is 0 Å². The number of nitrogens with zero attached hydrogens (tertiary/aromatic N) is 3. The number of likely N-dealkylation sites (tertiary alicyclic amines) is 1. The van der Waals surface area contributed by atoms with Crippen molar-refractivity contribution < 1.29 is 14.3 Å². The molecule has 0 spiro atoms. The van der Waals surface area contributed by atoms with Crippen molar-refractivity contribution in [1.29, 1.82) is 5.26 Å². The van der Waals surface area contributed by atoms with Gasteiger partial charge in [-0.25, -0.2) is 9.78 Å². The summed E-state index contributed by atoms with van der Waals surface area (Å²) >= 11 is 0. The standard InChI is InChI=1S/C14H15N3O3/c1-9-10(8-15)5-6-11(16-9)13(18)17-7-3-4-12(17)14(19)20-2/h5-6,12H,3-4,7H2,1-2H3. The van der Waals surface area contributed by atoms with Crippen molar-refractivity contribution in [2.75, 3.05) is 13.7 Å². The fraction of sp³-hybridized carbons (Fsp3) is 0.429. The monoisotopic (exact) mass is 273 g/mol. The van der Waals surface area contributed by atoms with E-state index in [0.29, 0.717) is 24.2 Å². The topological polar surface area (TPSA) is 83.3 Å². The fourth-order valence-electron chi connectivity index (χ4n) is 2.34. The molecule has 1 unspecified atom stereocenters. The van der Waals surface area contributed by atoms with Crippen LogP contribution in [0, 0.1) is 18.3 Å². The lowest BCUT2D eigenvalue weighted by molar-refractivity contribution is -0.145. The van der Waals surface area contributed by atoms with Crippen molar-refractivity contribution in [3.63, 3.8) is 0 Å². The molecular formula is C14H15N3O3. The first-order valence-electron chi connectivity index (χ1n) is 6.35. The lowest BCUT2D eigenvalue weighted by Gasteiger charge is -2.22. The number of rotatable bonds is 2. The van der Waals surface area contributed by atoms with Gasteiger partial charge in [-0.3, -0.25) is 4.79 Å². The second-order valence-corrected chi connectivity index (χ2v) is 4.62. The Morgan fingerprint density at radius 1 is 1.50 bits per heavy atom. The summed E-state index contributed by atoms with van der Waals surface area (Å²) in [5, 5.41) is 8.86. The van der Waals surface area contributed by atoms with Crippen LogP contribution in [0.5, 0.6) is 0 Å². The van der Waals surface area contributed by atoms with Crippen LogP contribution in [0.3, 0.4) is 0 Å². The molecule has 6 heteroatoms. The van der Waals surface area contributed by atoms with Crippen LogP contribution in [-0.2, 0) is 9.53 Å². The molecule has 1 atom stereocenters. The summed E-state index contributed by atoms with van der Waals surface area (Å²) in [6.45, 7) is 2.19. The first kappa shape index (κ1) is 14.0. The van der Waals surface area contributed by atoms with Crippen molar-refractivity contribution in [2.24, 2.45) is 0 Å². The highest BCUT2D eigenvalue weighted by Crippen LogP contribution is 2.21. The van der Waals surface area contributed by atoms with Gasteiger partial charge in [-0.1, -0.05) is 0 Å². The molecule has 1 aromatic rings. The number of methoxy groups -OCH3 is 1. The smallest absolute Gasteiger partial charge is 0.328 e. The normalized spacial score (nSPS) is 17.6. The van der Waals surface area contributed by atoms with Gasteiger partial charge < -0.3 is 9.64 Å². The minimum atomic E-state index is -0.537. The minimum absolute atomic E-state index is 0.248. The first-order valence-corrected chi connectivity index (χ1v) is 6.35. The number of amides is 1. The van der Waals surface area contributed by atoms with E-state index >= 15 is 0 Å². The molecule has 20 heavy (non-hydrogen) atoms. The molecule has 1 fully saturated rings. The van der Waals surface area contributed by atoms with E-state index < -0.39 is 12.0 Å². The Labute approximate surface area is 117 Å². The third-order valence-corrected chi connectivity index (χ3v) is 3.41. The maximum absolute atomic E-state index is 12.4. The minimum Gasteiger partial charge on any atom is -0.467 e. The summed E-state index contributed by atoms with van der Waals surface area (Å²) in [4.78, 5) is 29.7. The lowest BCUT2D eigenvalue weighted by Crippen LogP contribution is -2.41. The summed E-state index contributed by atoms with van der Waals surface area (Å²) < 4.78 is 4.71. The van der Waals surface area contributed by atoms with E-state index in [9.17, 15) is 9.59 Å². The molecule has 2 rings (SSSR count). The Morgan fingerprint density at radius 3 is 2.85 bits per heavy atom. The highest BCUT2D eigenvalue weighted by molar-refractivity contribution is 5.95. The van der Waals surface area contributed by atoms with Crippen molar-refractivity contribution >= 4 is 11.9 Å². The summed E-state index contributed by atoms with van der Waals surface area (Å²) in [5.74, 6) is -0.702. The van der Waals surface area contributed by atoms with Gasteiger partial charge in [0.25, 0.3) is 5.91 Å². The van der Waals surface area contributed by atoms with Crippen LogP contribution in [0.15, 0.2) is 12.1 Å². The van der Waals surface area contributed by atoms with Crippen LogP contribution >= 0.6 is 0 Å². The third kappa shape index (κ3) is 2.48. The zero-order chi connectivity index (χ0) is 14.7. The molecule has 0 bridgehead atoms. The number of carbonyl (C=O) groups is 2. The molecule has 0 aromatic carbocycles. The average Bonchev–Trinajstić information content (AvgIpc) is 2.94. The number of esters is 1. The number of aromatic nitrogens is 1. The van der Waals surface area contributed by atoms with Crippen LogP contribution in [-0.4, -0.2) is 41.5 Å². The Bertz CT molecular complexity index is 592. The van der Waals surface area contributed by atoms with Gasteiger partial charge in [0.2, 0.25) is 0 Å². The lowest BCUT2D eigenvalue weighted by atomic mass is 10.2. The summed E-state index contributed by atoms with van der Waals surface area (Å²) in [6.07, 6.45) is 1.37. The Kier molecular flexibility index (Phi) is 3.99. The molecule has 1 aliphatic heterocycles. The number of hydrogen-bond donors (Lipinski definition) is 0. The van der Waals surface area contributed by atoms with E-state index in [1.165, 1.54) is 18.1 Å². The number of hydrogen-bond acceptors (Lipinski definition) is 5. The zero-order valence-electron chi connectivity index (χ0n) is 11.4. The van der Waals surface area contributed by atoms with E-state index in [1.54, 1.807) is 13.0 Å². The van der Waals surface area contributed by atoms with Gasteiger partial charge in [-0.05, 0) is 31.9 Å². The molecule has 0 saturated carbocycles. The van der Waals surface area contributed by atoms with E-state index in [-0.39, 0.29) is 11.6 Å².